The summed E-state index contributed by atoms with van der Waals surface area (Å²) in [6, 6.07) is 9.03. The molecule has 1 aromatic carbocycles. The molecule has 0 saturated carbocycles. The summed E-state index contributed by atoms with van der Waals surface area (Å²) in [5.74, 6) is 2.36. The van der Waals surface area contributed by atoms with Crippen LogP contribution in [0.5, 0.6) is 5.75 Å². The van der Waals surface area contributed by atoms with Gasteiger partial charge in [0, 0.05) is 17.5 Å². The molecule has 0 spiro atoms. The number of fused-ring (bicyclic) bond motifs is 1. The summed E-state index contributed by atoms with van der Waals surface area (Å²) in [5.41, 5.74) is 7.16. The number of nitrogens with two attached hydrogens (primary N) is 1. The lowest BCUT2D eigenvalue weighted by Crippen LogP contribution is -2.43. The lowest BCUT2D eigenvalue weighted by molar-refractivity contribution is 0.0623. The summed E-state index contributed by atoms with van der Waals surface area (Å²) >= 11 is 0. The molecule has 2 unspecified atom stereocenters. The molecule has 3 heteroatoms. The molecule has 2 aliphatic heterocycles. The zero-order valence-corrected chi connectivity index (χ0v) is 11.7. The van der Waals surface area contributed by atoms with Gasteiger partial charge in [-0.2, -0.15) is 0 Å². The molecule has 0 bridgehead atoms. The van der Waals surface area contributed by atoms with Crippen LogP contribution in [0.1, 0.15) is 31.4 Å². The Morgan fingerprint density at radius 1 is 1.26 bits per heavy atom. The van der Waals surface area contributed by atoms with E-state index in [0.29, 0.717) is 12.0 Å². The molecule has 1 fully saturated rings. The summed E-state index contributed by atoms with van der Waals surface area (Å²) in [6.07, 6.45) is 2.48. The molecule has 1 aromatic rings. The van der Waals surface area contributed by atoms with Gasteiger partial charge in [-0.25, -0.2) is 0 Å². The van der Waals surface area contributed by atoms with Crippen LogP contribution in [0.3, 0.4) is 0 Å². The number of piperidine rings is 1. The van der Waals surface area contributed by atoms with Gasteiger partial charge in [-0.1, -0.05) is 25.1 Å². The molecule has 2 heterocycles. The number of rotatable bonds is 2. The van der Waals surface area contributed by atoms with E-state index in [-0.39, 0.29) is 0 Å². The molecule has 0 amide bonds. The molecule has 3 rings (SSSR count). The number of nitrogens with zero attached hydrogens (tertiary/aromatic N) is 1. The van der Waals surface area contributed by atoms with Gasteiger partial charge in [-0.3, -0.25) is 4.90 Å². The maximum atomic E-state index is 5.85. The number of ether oxygens (including phenoxy) is 1. The monoisotopic (exact) mass is 260 g/mol. The van der Waals surface area contributed by atoms with Crippen LogP contribution >= 0.6 is 0 Å². The Hall–Kier alpha value is -1.06. The van der Waals surface area contributed by atoms with E-state index < -0.39 is 0 Å². The molecule has 104 valence electrons. The third-order valence-corrected chi connectivity index (χ3v) is 4.65. The van der Waals surface area contributed by atoms with Crippen LogP contribution in [0.2, 0.25) is 0 Å². The highest BCUT2D eigenvalue weighted by molar-refractivity contribution is 5.38. The van der Waals surface area contributed by atoms with Gasteiger partial charge in [-0.05, 0) is 44.5 Å². The van der Waals surface area contributed by atoms with Crippen LogP contribution in [0.25, 0.3) is 0 Å². The second kappa shape index (κ2) is 5.51. The molecule has 0 aromatic heterocycles. The highest BCUT2D eigenvalue weighted by atomic mass is 16.5. The first kappa shape index (κ1) is 12.9. The first-order chi connectivity index (χ1) is 9.29. The van der Waals surface area contributed by atoms with Crippen molar-refractivity contribution < 1.29 is 4.74 Å². The van der Waals surface area contributed by atoms with Crippen LogP contribution in [0.4, 0.5) is 0 Å². The van der Waals surface area contributed by atoms with Crippen molar-refractivity contribution in [2.45, 2.75) is 25.8 Å². The highest BCUT2D eigenvalue weighted by Gasteiger charge is 2.34. The quantitative estimate of drug-likeness (QED) is 0.887. The van der Waals surface area contributed by atoms with Crippen LogP contribution in [-0.2, 0) is 0 Å². The first-order valence-corrected chi connectivity index (χ1v) is 7.45. The van der Waals surface area contributed by atoms with E-state index in [2.05, 4.69) is 36.1 Å². The Kier molecular flexibility index (Phi) is 3.76. The molecule has 0 aliphatic carbocycles. The van der Waals surface area contributed by atoms with Crippen molar-refractivity contribution in [3.63, 3.8) is 0 Å². The van der Waals surface area contributed by atoms with Gasteiger partial charge in [0.25, 0.3) is 0 Å². The van der Waals surface area contributed by atoms with E-state index in [1.54, 1.807) is 0 Å². The Morgan fingerprint density at radius 2 is 2.00 bits per heavy atom. The number of likely N-dealkylation sites (tertiary alicyclic amines) is 1. The molecular weight excluding hydrogens is 236 g/mol. The minimum atomic E-state index is 0.517. The van der Waals surface area contributed by atoms with E-state index >= 15 is 0 Å². The molecule has 3 nitrogen and oxygen atoms in total. The highest BCUT2D eigenvalue weighted by Crippen LogP contribution is 2.40. The standard InChI is InChI=1S/C16H24N2O/c1-12-11-19-15-5-3-2-4-14(15)16(12)18-8-6-13(10-17)7-9-18/h2-5,12-13,16H,6-11,17H2,1H3. The number of hydrogen-bond donors (Lipinski definition) is 1. The van der Waals surface area contributed by atoms with E-state index in [1.807, 2.05) is 0 Å². The summed E-state index contributed by atoms with van der Waals surface area (Å²) in [7, 11) is 0. The van der Waals surface area contributed by atoms with Gasteiger partial charge >= 0.3 is 0 Å². The summed E-state index contributed by atoms with van der Waals surface area (Å²) in [5, 5.41) is 0. The van der Waals surface area contributed by atoms with Crippen molar-refractivity contribution in [2.75, 3.05) is 26.2 Å². The number of benzene rings is 1. The van der Waals surface area contributed by atoms with Crippen molar-refractivity contribution in [1.29, 1.82) is 0 Å². The minimum absolute atomic E-state index is 0.517. The van der Waals surface area contributed by atoms with Crippen LogP contribution in [-0.4, -0.2) is 31.1 Å². The third kappa shape index (κ3) is 2.49. The summed E-state index contributed by atoms with van der Waals surface area (Å²) in [4.78, 5) is 2.64. The molecule has 2 atom stereocenters. The average molecular weight is 260 g/mol. The molecule has 2 N–H and O–H groups in total. The van der Waals surface area contributed by atoms with E-state index in [4.69, 9.17) is 10.5 Å². The number of hydrogen-bond acceptors (Lipinski definition) is 3. The average Bonchev–Trinajstić information content (AvgIpc) is 2.47. The third-order valence-electron chi connectivity index (χ3n) is 4.65. The maximum absolute atomic E-state index is 5.85. The smallest absolute Gasteiger partial charge is 0.124 e. The minimum Gasteiger partial charge on any atom is -0.493 e. The van der Waals surface area contributed by atoms with Crippen LogP contribution < -0.4 is 10.5 Å². The predicted molar refractivity (Wildman–Crippen MR) is 77.2 cm³/mol. The van der Waals surface area contributed by atoms with Crippen molar-refractivity contribution in [3.05, 3.63) is 29.8 Å². The van der Waals surface area contributed by atoms with Crippen LogP contribution in [0.15, 0.2) is 24.3 Å². The Morgan fingerprint density at radius 3 is 2.74 bits per heavy atom. The van der Waals surface area contributed by atoms with Crippen molar-refractivity contribution in [1.82, 2.24) is 4.90 Å². The topological polar surface area (TPSA) is 38.5 Å². The maximum Gasteiger partial charge on any atom is 0.124 e. The fraction of sp³-hybridized carbons (Fsp3) is 0.625. The van der Waals surface area contributed by atoms with E-state index in [0.717, 1.165) is 24.8 Å². The Bertz CT molecular complexity index is 427. The second-order valence-electron chi connectivity index (χ2n) is 5.99. The summed E-state index contributed by atoms with van der Waals surface area (Å²) in [6.45, 7) is 6.32. The van der Waals surface area contributed by atoms with Gasteiger partial charge in [0.1, 0.15) is 5.75 Å². The normalized spacial score (nSPS) is 28.7. The van der Waals surface area contributed by atoms with Crippen molar-refractivity contribution >= 4 is 0 Å². The Balaban J connectivity index is 1.80. The van der Waals surface area contributed by atoms with Gasteiger partial charge in [0.15, 0.2) is 0 Å². The molecule has 19 heavy (non-hydrogen) atoms. The lowest BCUT2D eigenvalue weighted by atomic mass is 9.87. The SMILES string of the molecule is CC1COc2ccccc2C1N1CCC(CN)CC1. The summed E-state index contributed by atoms with van der Waals surface area (Å²) < 4.78 is 5.85. The molecule has 0 radical (unpaired) electrons. The van der Waals surface area contributed by atoms with Gasteiger partial charge in [0.05, 0.1) is 6.61 Å². The zero-order valence-electron chi connectivity index (χ0n) is 11.7. The van der Waals surface area contributed by atoms with E-state index in [9.17, 15) is 0 Å². The van der Waals surface area contributed by atoms with Crippen molar-refractivity contribution in [3.8, 4) is 5.75 Å². The van der Waals surface area contributed by atoms with Crippen molar-refractivity contribution in [2.24, 2.45) is 17.6 Å². The zero-order chi connectivity index (χ0) is 13.2. The van der Waals surface area contributed by atoms with Crippen LogP contribution in [0, 0.1) is 11.8 Å². The molecule has 1 saturated heterocycles. The van der Waals surface area contributed by atoms with E-state index in [1.165, 1.54) is 31.5 Å². The molecular formula is C16H24N2O. The fourth-order valence-corrected chi connectivity index (χ4v) is 3.50. The Labute approximate surface area is 115 Å². The fourth-order valence-electron chi connectivity index (χ4n) is 3.50. The first-order valence-electron chi connectivity index (χ1n) is 7.45. The second-order valence-corrected chi connectivity index (χ2v) is 5.99. The van der Waals surface area contributed by atoms with Gasteiger partial charge < -0.3 is 10.5 Å². The van der Waals surface area contributed by atoms with Gasteiger partial charge in [-0.15, -0.1) is 0 Å². The predicted octanol–water partition coefficient (Wildman–Crippen LogP) is 2.43. The largest absolute Gasteiger partial charge is 0.493 e. The van der Waals surface area contributed by atoms with Gasteiger partial charge in [0.2, 0.25) is 0 Å². The molecule has 2 aliphatic rings. The lowest BCUT2D eigenvalue weighted by Gasteiger charge is -2.42. The number of para-hydroxylation sites is 1.